The molecule has 2 amide bonds. The van der Waals surface area contributed by atoms with E-state index in [1.54, 1.807) is 13.0 Å². The number of aromatic nitrogens is 2. The van der Waals surface area contributed by atoms with Crippen molar-refractivity contribution in [3.05, 3.63) is 69.8 Å². The Morgan fingerprint density at radius 1 is 1.07 bits per heavy atom. The van der Waals surface area contributed by atoms with E-state index in [2.05, 4.69) is 69.6 Å². The highest BCUT2D eigenvalue weighted by Crippen LogP contribution is 2.35. The van der Waals surface area contributed by atoms with Gasteiger partial charge in [0.15, 0.2) is 5.82 Å². The molecule has 2 aliphatic rings. The van der Waals surface area contributed by atoms with Gasteiger partial charge in [-0.05, 0) is 78.2 Å². The van der Waals surface area contributed by atoms with Crippen molar-refractivity contribution < 1.29 is 14.3 Å². The Labute approximate surface area is 248 Å². The van der Waals surface area contributed by atoms with Gasteiger partial charge in [-0.2, -0.15) is 4.98 Å². The quantitative estimate of drug-likeness (QED) is 0.299. The van der Waals surface area contributed by atoms with Crippen LogP contribution in [0.1, 0.15) is 41.1 Å². The summed E-state index contributed by atoms with van der Waals surface area (Å²) in [5.74, 6) is 0.722. The number of aryl methyl sites for hydroxylation is 1. The molecule has 0 aliphatic carbocycles. The summed E-state index contributed by atoms with van der Waals surface area (Å²) in [5, 5.41) is 3.22. The van der Waals surface area contributed by atoms with Crippen molar-refractivity contribution in [3.8, 4) is 11.1 Å². The standard InChI is InChI=1S/C31H32ClN5O3S/c1-19-3-6-24-17-23(9-10-26(24)37(19)20(2)38)22-7-4-21(5-8-22)11-12-33-30(39)27-18-25-28(41-27)29(35-31(32)34-25)36-13-15-40-16-14-36/h4-5,7-10,17-19H,3,6,11-16H2,1-2H3,(H,33,39)/t19-/m0/s1. The first-order chi connectivity index (χ1) is 19.9. The fourth-order valence-electron chi connectivity index (χ4n) is 5.67. The summed E-state index contributed by atoms with van der Waals surface area (Å²) in [7, 11) is 0. The lowest BCUT2D eigenvalue weighted by molar-refractivity contribution is -0.117. The van der Waals surface area contributed by atoms with Crippen molar-refractivity contribution in [2.45, 2.75) is 39.2 Å². The number of hydrogen-bond donors (Lipinski definition) is 1. The maximum absolute atomic E-state index is 13.0. The maximum atomic E-state index is 13.0. The van der Waals surface area contributed by atoms with Crippen LogP contribution in [0, 0.1) is 0 Å². The van der Waals surface area contributed by atoms with Crippen LogP contribution in [0.25, 0.3) is 21.3 Å². The average Bonchev–Trinajstić information content (AvgIpc) is 3.41. The highest BCUT2D eigenvalue weighted by molar-refractivity contribution is 7.21. The van der Waals surface area contributed by atoms with E-state index in [-0.39, 0.29) is 23.1 Å². The lowest BCUT2D eigenvalue weighted by Gasteiger charge is -2.34. The van der Waals surface area contributed by atoms with Crippen LogP contribution in [0.3, 0.4) is 0 Å². The van der Waals surface area contributed by atoms with Crippen molar-refractivity contribution >= 4 is 56.5 Å². The number of halogens is 1. The Kier molecular flexibility index (Phi) is 7.92. The second-order valence-corrected chi connectivity index (χ2v) is 12.0. The molecule has 0 saturated carbocycles. The third kappa shape index (κ3) is 5.80. The molecule has 1 N–H and O–H groups in total. The highest BCUT2D eigenvalue weighted by atomic mass is 35.5. The van der Waals surface area contributed by atoms with E-state index in [4.69, 9.17) is 16.3 Å². The zero-order valence-electron chi connectivity index (χ0n) is 23.2. The maximum Gasteiger partial charge on any atom is 0.261 e. The van der Waals surface area contributed by atoms with Crippen LogP contribution < -0.4 is 15.1 Å². The minimum atomic E-state index is -0.128. The smallest absolute Gasteiger partial charge is 0.261 e. The summed E-state index contributed by atoms with van der Waals surface area (Å²) >= 11 is 7.59. The Morgan fingerprint density at radius 3 is 2.59 bits per heavy atom. The molecule has 41 heavy (non-hydrogen) atoms. The Morgan fingerprint density at radius 2 is 1.83 bits per heavy atom. The molecular weight excluding hydrogens is 558 g/mol. The largest absolute Gasteiger partial charge is 0.378 e. The number of hydrogen-bond acceptors (Lipinski definition) is 7. The molecular formula is C31H32ClN5O3S. The number of nitrogens with zero attached hydrogens (tertiary/aromatic N) is 4. The van der Waals surface area contributed by atoms with E-state index in [1.165, 1.54) is 16.9 Å². The van der Waals surface area contributed by atoms with E-state index < -0.39 is 0 Å². The second kappa shape index (κ2) is 11.8. The van der Waals surface area contributed by atoms with E-state index >= 15 is 0 Å². The van der Waals surface area contributed by atoms with Gasteiger partial charge in [0.05, 0.1) is 28.3 Å². The molecule has 2 aromatic carbocycles. The molecule has 1 fully saturated rings. The molecule has 0 spiro atoms. The predicted molar refractivity (Wildman–Crippen MR) is 164 cm³/mol. The van der Waals surface area contributed by atoms with E-state index in [0.29, 0.717) is 30.2 Å². The number of anilines is 2. The van der Waals surface area contributed by atoms with Crippen molar-refractivity contribution in [1.82, 2.24) is 15.3 Å². The molecule has 212 valence electrons. The van der Waals surface area contributed by atoms with Crippen LogP contribution in [0.15, 0.2) is 48.5 Å². The molecule has 0 unspecified atom stereocenters. The summed E-state index contributed by atoms with van der Waals surface area (Å²) in [4.78, 5) is 38.6. The van der Waals surface area contributed by atoms with Gasteiger partial charge in [-0.25, -0.2) is 4.98 Å². The Balaban J connectivity index is 1.09. The SMILES string of the molecule is CC(=O)N1c2ccc(-c3ccc(CCNC(=O)c4cc5nc(Cl)nc(N6CCOCC6)c5s4)cc3)cc2CC[C@@H]1C. The van der Waals surface area contributed by atoms with Gasteiger partial charge in [0, 0.05) is 38.3 Å². The van der Waals surface area contributed by atoms with Gasteiger partial charge in [0.25, 0.3) is 5.91 Å². The number of rotatable bonds is 6. The molecule has 4 aromatic rings. The number of thiophene rings is 1. The summed E-state index contributed by atoms with van der Waals surface area (Å²) < 4.78 is 6.32. The topological polar surface area (TPSA) is 87.7 Å². The molecule has 1 saturated heterocycles. The molecule has 0 bridgehead atoms. The Bertz CT molecular complexity index is 1600. The minimum absolute atomic E-state index is 0.0887. The van der Waals surface area contributed by atoms with E-state index in [1.807, 2.05) is 4.90 Å². The highest BCUT2D eigenvalue weighted by Gasteiger charge is 2.26. The average molecular weight is 590 g/mol. The van der Waals surface area contributed by atoms with Gasteiger partial charge >= 0.3 is 0 Å². The third-order valence-corrected chi connectivity index (χ3v) is 9.09. The first-order valence-electron chi connectivity index (χ1n) is 14.0. The van der Waals surface area contributed by atoms with E-state index in [9.17, 15) is 9.59 Å². The lowest BCUT2D eigenvalue weighted by atomic mass is 9.93. The van der Waals surface area contributed by atoms with Crippen LogP contribution in [0.5, 0.6) is 0 Å². The number of carbonyl (C=O) groups excluding carboxylic acids is 2. The van der Waals surface area contributed by atoms with E-state index in [0.717, 1.165) is 65.2 Å². The van der Waals surface area contributed by atoms with Gasteiger partial charge in [-0.1, -0.05) is 30.3 Å². The minimum Gasteiger partial charge on any atom is -0.378 e. The zero-order valence-corrected chi connectivity index (χ0v) is 24.7. The lowest BCUT2D eigenvalue weighted by Crippen LogP contribution is -2.40. The number of morpholine rings is 1. The van der Waals surface area contributed by atoms with Gasteiger partial charge in [-0.3, -0.25) is 9.59 Å². The molecule has 0 radical (unpaired) electrons. The molecule has 8 nitrogen and oxygen atoms in total. The van der Waals surface area contributed by atoms with Crippen molar-refractivity contribution in [2.24, 2.45) is 0 Å². The summed E-state index contributed by atoms with van der Waals surface area (Å²) in [6.45, 7) is 6.99. The normalized spacial score (nSPS) is 17.0. The van der Waals surface area contributed by atoms with Crippen LogP contribution >= 0.6 is 22.9 Å². The first-order valence-corrected chi connectivity index (χ1v) is 15.2. The summed E-state index contributed by atoms with van der Waals surface area (Å²) in [6.07, 6.45) is 2.66. The molecule has 10 heteroatoms. The zero-order chi connectivity index (χ0) is 28.5. The second-order valence-electron chi connectivity index (χ2n) is 10.6. The van der Waals surface area contributed by atoms with Gasteiger partial charge in [0.1, 0.15) is 0 Å². The van der Waals surface area contributed by atoms with Gasteiger partial charge in [0.2, 0.25) is 11.2 Å². The van der Waals surface area contributed by atoms with Crippen LogP contribution in [0.4, 0.5) is 11.5 Å². The van der Waals surface area contributed by atoms with Crippen LogP contribution in [-0.4, -0.2) is 60.7 Å². The number of amides is 2. The monoisotopic (exact) mass is 589 g/mol. The third-order valence-electron chi connectivity index (χ3n) is 7.80. The van der Waals surface area contributed by atoms with Gasteiger partial charge in [-0.15, -0.1) is 11.3 Å². The van der Waals surface area contributed by atoms with Gasteiger partial charge < -0.3 is 19.9 Å². The Hall–Kier alpha value is -3.53. The number of ether oxygens (including phenoxy) is 1. The van der Waals surface area contributed by atoms with Crippen LogP contribution in [0.2, 0.25) is 5.28 Å². The number of nitrogens with one attached hydrogen (secondary N) is 1. The number of fused-ring (bicyclic) bond motifs is 2. The van der Waals surface area contributed by atoms with Crippen molar-refractivity contribution in [1.29, 1.82) is 0 Å². The molecule has 2 aromatic heterocycles. The van der Waals surface area contributed by atoms with Crippen LogP contribution in [-0.2, 0) is 22.4 Å². The number of benzene rings is 2. The van der Waals surface area contributed by atoms with Crippen molar-refractivity contribution in [3.63, 3.8) is 0 Å². The molecule has 1 atom stereocenters. The first kappa shape index (κ1) is 27.6. The fraction of sp³-hybridized carbons (Fsp3) is 0.355. The summed E-state index contributed by atoms with van der Waals surface area (Å²) in [6, 6.07) is 16.8. The fourth-order valence-corrected chi connectivity index (χ4v) is 6.87. The predicted octanol–water partition coefficient (Wildman–Crippen LogP) is 5.51. The molecule has 6 rings (SSSR count). The number of carbonyl (C=O) groups is 2. The molecule has 4 heterocycles. The summed E-state index contributed by atoms with van der Waals surface area (Å²) in [5.41, 5.74) is 6.35. The molecule has 2 aliphatic heterocycles. The van der Waals surface area contributed by atoms with Crippen molar-refractivity contribution in [2.75, 3.05) is 42.6 Å².